The van der Waals surface area contributed by atoms with Gasteiger partial charge in [0.25, 0.3) is 5.56 Å². The fourth-order valence-corrected chi connectivity index (χ4v) is 4.31. The molecule has 152 valence electrons. The van der Waals surface area contributed by atoms with Crippen LogP contribution in [0, 0.1) is 12.7 Å². The van der Waals surface area contributed by atoms with Crippen molar-refractivity contribution < 1.29 is 14.3 Å². The molecule has 4 rings (SSSR count). The van der Waals surface area contributed by atoms with Gasteiger partial charge in [0.2, 0.25) is 0 Å². The Morgan fingerprint density at radius 3 is 2.83 bits per heavy atom. The van der Waals surface area contributed by atoms with Gasteiger partial charge in [-0.25, -0.2) is 14.2 Å². The number of carboxylic acid groups (broad SMARTS) is 1. The zero-order valence-electron chi connectivity index (χ0n) is 16.4. The van der Waals surface area contributed by atoms with Crippen LogP contribution in [0.25, 0.3) is 5.57 Å². The summed E-state index contributed by atoms with van der Waals surface area (Å²) in [6.07, 6.45) is 7.07. The molecule has 29 heavy (non-hydrogen) atoms. The standard InChI is InChI=1S/C22H24FN3O3/c1-13-9-14(11-16(23)10-13)12-24-20-21(27)26-17(7-8-18(26)22(28)29)19(25-20)15-5-3-2-4-6-15/h5,9-11,18H,2-4,6-8,12H2,1H3,(H,24,25)(H,28,29)/t18-/m0/s1. The van der Waals surface area contributed by atoms with Crippen molar-refractivity contribution in [3.63, 3.8) is 0 Å². The third-order valence-corrected chi connectivity index (χ3v) is 5.62. The molecule has 1 aromatic heterocycles. The van der Waals surface area contributed by atoms with Crippen LogP contribution in [0.15, 0.2) is 29.1 Å². The Morgan fingerprint density at radius 1 is 1.31 bits per heavy atom. The number of aliphatic carboxylic acids is 1. The summed E-state index contributed by atoms with van der Waals surface area (Å²) in [5.41, 5.74) is 3.57. The minimum Gasteiger partial charge on any atom is -0.480 e. The molecule has 2 aromatic rings. The Morgan fingerprint density at radius 2 is 2.14 bits per heavy atom. The second kappa shape index (κ2) is 7.81. The molecule has 0 fully saturated rings. The number of carbonyl (C=O) groups is 1. The van der Waals surface area contributed by atoms with E-state index in [-0.39, 0.29) is 18.2 Å². The molecule has 0 radical (unpaired) electrons. The predicted octanol–water partition coefficient (Wildman–Crippen LogP) is 3.83. The highest BCUT2D eigenvalue weighted by molar-refractivity contribution is 5.74. The molecule has 2 heterocycles. The second-order valence-electron chi connectivity index (χ2n) is 7.79. The van der Waals surface area contributed by atoms with Crippen LogP contribution in [0.4, 0.5) is 10.2 Å². The van der Waals surface area contributed by atoms with Crippen molar-refractivity contribution in [3.05, 3.63) is 63.0 Å². The number of hydrogen-bond donors (Lipinski definition) is 2. The van der Waals surface area contributed by atoms with E-state index in [4.69, 9.17) is 0 Å². The van der Waals surface area contributed by atoms with Crippen molar-refractivity contribution in [1.29, 1.82) is 0 Å². The summed E-state index contributed by atoms with van der Waals surface area (Å²) in [4.78, 5) is 29.4. The van der Waals surface area contributed by atoms with E-state index < -0.39 is 17.6 Å². The molecule has 2 aliphatic rings. The number of halogens is 1. The van der Waals surface area contributed by atoms with Crippen molar-refractivity contribution in [2.45, 2.75) is 58.0 Å². The highest BCUT2D eigenvalue weighted by Gasteiger charge is 2.33. The van der Waals surface area contributed by atoms with Gasteiger partial charge in [-0.05, 0) is 74.3 Å². The summed E-state index contributed by atoms with van der Waals surface area (Å²) >= 11 is 0. The minimum atomic E-state index is -1.01. The van der Waals surface area contributed by atoms with Gasteiger partial charge in [0.1, 0.15) is 11.9 Å². The van der Waals surface area contributed by atoms with Crippen LogP contribution in [0.1, 0.15) is 60.7 Å². The summed E-state index contributed by atoms with van der Waals surface area (Å²) in [6.45, 7) is 2.04. The third-order valence-electron chi connectivity index (χ3n) is 5.62. The SMILES string of the molecule is Cc1cc(F)cc(CNc2nc(C3=CCCCC3)c3n(c2=O)[C@H](C(=O)O)CC3)c1. The molecule has 0 spiro atoms. The van der Waals surface area contributed by atoms with Crippen molar-refractivity contribution in [1.82, 2.24) is 9.55 Å². The lowest BCUT2D eigenvalue weighted by Crippen LogP contribution is -2.31. The molecule has 0 unspecified atom stereocenters. The summed E-state index contributed by atoms with van der Waals surface area (Å²) < 4.78 is 15.1. The Labute approximate surface area is 168 Å². The predicted molar refractivity (Wildman–Crippen MR) is 108 cm³/mol. The Hall–Kier alpha value is -2.96. The van der Waals surface area contributed by atoms with Gasteiger partial charge in [0.05, 0.1) is 5.69 Å². The van der Waals surface area contributed by atoms with Crippen LogP contribution in [0.5, 0.6) is 0 Å². The molecule has 2 N–H and O–H groups in total. The van der Waals surface area contributed by atoms with E-state index >= 15 is 0 Å². The Kier molecular flexibility index (Phi) is 5.22. The van der Waals surface area contributed by atoms with Gasteiger partial charge in [-0.15, -0.1) is 0 Å². The molecule has 7 heteroatoms. The van der Waals surface area contributed by atoms with E-state index in [9.17, 15) is 19.1 Å². The van der Waals surface area contributed by atoms with Gasteiger partial charge in [-0.1, -0.05) is 12.1 Å². The maximum absolute atomic E-state index is 13.7. The lowest BCUT2D eigenvalue weighted by atomic mass is 9.95. The number of aromatic nitrogens is 2. The van der Waals surface area contributed by atoms with E-state index in [0.717, 1.165) is 42.5 Å². The highest BCUT2D eigenvalue weighted by Crippen LogP contribution is 2.33. The normalized spacial score (nSPS) is 18.3. The quantitative estimate of drug-likeness (QED) is 0.801. The smallest absolute Gasteiger partial charge is 0.326 e. The number of nitrogens with zero attached hydrogens (tertiary/aromatic N) is 2. The molecule has 1 aromatic carbocycles. The summed E-state index contributed by atoms with van der Waals surface area (Å²) in [6, 6.07) is 3.82. The average Bonchev–Trinajstić information content (AvgIpc) is 3.13. The molecule has 1 aliphatic heterocycles. The molecule has 0 amide bonds. The van der Waals surface area contributed by atoms with Gasteiger partial charge in [-0.2, -0.15) is 0 Å². The zero-order chi connectivity index (χ0) is 20.5. The Balaban J connectivity index is 1.75. The monoisotopic (exact) mass is 397 g/mol. The molecule has 0 saturated heterocycles. The first-order chi connectivity index (χ1) is 13.9. The van der Waals surface area contributed by atoms with Crippen molar-refractivity contribution >= 4 is 17.4 Å². The molecule has 6 nitrogen and oxygen atoms in total. The van der Waals surface area contributed by atoms with Crippen molar-refractivity contribution in [2.75, 3.05) is 5.32 Å². The zero-order valence-corrected chi connectivity index (χ0v) is 16.4. The van der Waals surface area contributed by atoms with E-state index in [0.29, 0.717) is 24.1 Å². The fourth-order valence-electron chi connectivity index (χ4n) is 4.31. The molecule has 1 aliphatic carbocycles. The number of aryl methyl sites for hydroxylation is 1. The summed E-state index contributed by atoms with van der Waals surface area (Å²) in [7, 11) is 0. The highest BCUT2D eigenvalue weighted by atomic mass is 19.1. The van der Waals surface area contributed by atoms with Gasteiger partial charge >= 0.3 is 5.97 Å². The van der Waals surface area contributed by atoms with Crippen molar-refractivity contribution in [3.8, 4) is 0 Å². The second-order valence-corrected chi connectivity index (χ2v) is 7.79. The first-order valence-electron chi connectivity index (χ1n) is 10.0. The molecular formula is C22H24FN3O3. The number of hydrogen-bond acceptors (Lipinski definition) is 4. The molecule has 0 saturated carbocycles. The van der Waals surface area contributed by atoms with E-state index in [1.54, 1.807) is 6.92 Å². The lowest BCUT2D eigenvalue weighted by molar-refractivity contribution is -0.140. The first-order valence-corrected chi connectivity index (χ1v) is 10.0. The molecule has 0 bridgehead atoms. The number of fused-ring (bicyclic) bond motifs is 1. The van der Waals surface area contributed by atoms with E-state index in [2.05, 4.69) is 16.4 Å². The van der Waals surface area contributed by atoms with Crippen LogP contribution < -0.4 is 10.9 Å². The van der Waals surface area contributed by atoms with Gasteiger partial charge < -0.3 is 10.4 Å². The van der Waals surface area contributed by atoms with Gasteiger partial charge in [0.15, 0.2) is 5.82 Å². The summed E-state index contributed by atoms with van der Waals surface area (Å²) in [5, 5.41) is 12.6. The fraction of sp³-hybridized carbons (Fsp3) is 0.409. The van der Waals surface area contributed by atoms with Crippen LogP contribution in [-0.4, -0.2) is 20.6 Å². The Bertz CT molecular complexity index is 1040. The largest absolute Gasteiger partial charge is 0.480 e. The maximum atomic E-state index is 13.7. The first kappa shape index (κ1) is 19.4. The number of rotatable bonds is 5. The number of anilines is 1. The topological polar surface area (TPSA) is 84.2 Å². The number of allylic oxidation sites excluding steroid dienone is 2. The number of nitrogens with one attached hydrogen (secondary N) is 1. The van der Waals surface area contributed by atoms with Crippen molar-refractivity contribution in [2.24, 2.45) is 0 Å². The van der Waals surface area contributed by atoms with Crippen LogP contribution in [0.2, 0.25) is 0 Å². The van der Waals surface area contributed by atoms with Crippen LogP contribution >= 0.6 is 0 Å². The van der Waals surface area contributed by atoms with Gasteiger partial charge in [-0.3, -0.25) is 9.36 Å². The lowest BCUT2D eigenvalue weighted by Gasteiger charge is -2.19. The molecule has 1 atom stereocenters. The number of carboxylic acids is 1. The van der Waals surface area contributed by atoms with Crippen LogP contribution in [-0.2, 0) is 17.8 Å². The summed E-state index contributed by atoms with van der Waals surface area (Å²) in [5.74, 6) is -1.22. The molecular weight excluding hydrogens is 373 g/mol. The van der Waals surface area contributed by atoms with E-state index in [1.807, 2.05) is 6.07 Å². The minimum absolute atomic E-state index is 0.116. The van der Waals surface area contributed by atoms with E-state index in [1.165, 1.54) is 16.7 Å². The van der Waals surface area contributed by atoms with Crippen LogP contribution in [0.3, 0.4) is 0 Å². The third kappa shape index (κ3) is 3.81. The van der Waals surface area contributed by atoms with Gasteiger partial charge in [0, 0.05) is 12.2 Å². The number of benzene rings is 1. The maximum Gasteiger partial charge on any atom is 0.326 e. The average molecular weight is 397 g/mol.